The highest BCUT2D eigenvalue weighted by atomic mass is 32.2. The maximum atomic E-state index is 12.1. The molecule has 0 aliphatic carbocycles. The molecule has 2 unspecified atom stereocenters. The predicted molar refractivity (Wildman–Crippen MR) is 70.2 cm³/mol. The second-order valence-electron chi connectivity index (χ2n) is 4.10. The normalized spacial score (nSPS) is 14.7. The Bertz CT molecular complexity index is 352. The Morgan fingerprint density at radius 3 is 2.75 bits per heavy atom. The van der Waals surface area contributed by atoms with E-state index in [0.29, 0.717) is 11.8 Å². The number of nitrogens with one attached hydrogen (secondary N) is 1. The smallest absolute Gasteiger partial charge is 0.0545 e. The predicted octanol–water partition coefficient (Wildman–Crippen LogP) is 2.49. The van der Waals surface area contributed by atoms with E-state index in [1.165, 1.54) is 5.56 Å². The Morgan fingerprint density at radius 2 is 2.19 bits per heavy atom. The quantitative estimate of drug-likeness (QED) is 0.826. The van der Waals surface area contributed by atoms with Gasteiger partial charge in [0.05, 0.1) is 10.8 Å². The Morgan fingerprint density at radius 1 is 1.44 bits per heavy atom. The minimum atomic E-state index is -0.888. The van der Waals surface area contributed by atoms with E-state index in [1.54, 1.807) is 0 Å². The Balaban J connectivity index is 2.64. The standard InChI is InChI=1S/C13H21NOS/c1-4-6-12(14-3)10-16(15)13-8-5-7-11(2)9-13/h5,7-9,12,14H,4,6,10H2,1-3H3. The van der Waals surface area contributed by atoms with Gasteiger partial charge in [-0.2, -0.15) is 0 Å². The summed E-state index contributed by atoms with van der Waals surface area (Å²) in [6.07, 6.45) is 2.20. The number of hydrogen-bond donors (Lipinski definition) is 1. The van der Waals surface area contributed by atoms with E-state index in [4.69, 9.17) is 0 Å². The summed E-state index contributed by atoms with van der Waals surface area (Å²) in [5, 5.41) is 3.23. The van der Waals surface area contributed by atoms with E-state index in [0.717, 1.165) is 17.7 Å². The molecule has 2 nitrogen and oxygen atoms in total. The average Bonchev–Trinajstić information content (AvgIpc) is 2.28. The molecule has 1 aromatic carbocycles. The van der Waals surface area contributed by atoms with Gasteiger partial charge in [0.1, 0.15) is 0 Å². The van der Waals surface area contributed by atoms with Gasteiger partial charge in [-0.15, -0.1) is 0 Å². The molecule has 0 fully saturated rings. The topological polar surface area (TPSA) is 29.1 Å². The van der Waals surface area contributed by atoms with Crippen LogP contribution in [0.1, 0.15) is 25.3 Å². The van der Waals surface area contributed by atoms with Crippen molar-refractivity contribution >= 4 is 10.8 Å². The lowest BCUT2D eigenvalue weighted by Crippen LogP contribution is -2.30. The summed E-state index contributed by atoms with van der Waals surface area (Å²) in [7, 11) is 1.05. The molecule has 0 aliphatic rings. The molecule has 0 bridgehead atoms. The molecule has 1 N–H and O–H groups in total. The first-order valence-electron chi connectivity index (χ1n) is 5.79. The zero-order chi connectivity index (χ0) is 12.0. The fraction of sp³-hybridized carbons (Fsp3) is 0.538. The third kappa shape index (κ3) is 4.06. The molecule has 1 aromatic rings. The van der Waals surface area contributed by atoms with Gasteiger partial charge >= 0.3 is 0 Å². The number of benzene rings is 1. The van der Waals surface area contributed by atoms with Crippen molar-refractivity contribution in [2.24, 2.45) is 0 Å². The summed E-state index contributed by atoms with van der Waals surface area (Å²) in [6.45, 7) is 4.18. The molecule has 3 heteroatoms. The van der Waals surface area contributed by atoms with E-state index >= 15 is 0 Å². The van der Waals surface area contributed by atoms with Crippen LogP contribution in [0.25, 0.3) is 0 Å². The van der Waals surface area contributed by atoms with Crippen LogP contribution in [0, 0.1) is 6.92 Å². The van der Waals surface area contributed by atoms with E-state index in [1.807, 2.05) is 38.2 Å². The Hall–Kier alpha value is -0.670. The summed E-state index contributed by atoms with van der Waals surface area (Å²) in [4.78, 5) is 0.941. The van der Waals surface area contributed by atoms with E-state index in [9.17, 15) is 4.21 Å². The van der Waals surface area contributed by atoms with Crippen LogP contribution in [0.3, 0.4) is 0 Å². The molecule has 0 saturated heterocycles. The van der Waals surface area contributed by atoms with Crippen molar-refractivity contribution < 1.29 is 4.21 Å². The first kappa shape index (κ1) is 13.4. The molecule has 0 spiro atoms. The lowest BCUT2D eigenvalue weighted by atomic mass is 10.2. The molecule has 0 aromatic heterocycles. The summed E-state index contributed by atoms with van der Waals surface area (Å²) in [5.74, 6) is 0.702. The van der Waals surface area contributed by atoms with Crippen molar-refractivity contribution in [2.75, 3.05) is 12.8 Å². The Kier molecular flexibility index (Phi) is 5.71. The van der Waals surface area contributed by atoms with Gasteiger partial charge in [0, 0.05) is 16.7 Å². The molecule has 1 rings (SSSR count). The largest absolute Gasteiger partial charge is 0.316 e. The van der Waals surface area contributed by atoms with Crippen molar-refractivity contribution in [3.05, 3.63) is 29.8 Å². The molecule has 0 radical (unpaired) electrons. The molecular weight excluding hydrogens is 218 g/mol. The first-order valence-corrected chi connectivity index (χ1v) is 7.11. The van der Waals surface area contributed by atoms with Crippen LogP contribution in [0.5, 0.6) is 0 Å². The van der Waals surface area contributed by atoms with Crippen molar-refractivity contribution in [2.45, 2.75) is 37.6 Å². The van der Waals surface area contributed by atoms with Gasteiger partial charge in [-0.25, -0.2) is 0 Å². The lowest BCUT2D eigenvalue weighted by Gasteiger charge is -2.14. The molecule has 2 atom stereocenters. The SMILES string of the molecule is CCCC(CS(=O)c1cccc(C)c1)NC. The minimum absolute atomic E-state index is 0.353. The van der Waals surface area contributed by atoms with Gasteiger partial charge in [0.15, 0.2) is 0 Å². The summed E-state index contributed by atoms with van der Waals surface area (Å²) >= 11 is 0. The molecular formula is C13H21NOS. The number of hydrogen-bond acceptors (Lipinski definition) is 2. The van der Waals surface area contributed by atoms with Gasteiger partial charge in [0.2, 0.25) is 0 Å². The van der Waals surface area contributed by atoms with E-state index in [2.05, 4.69) is 12.2 Å². The highest BCUT2D eigenvalue weighted by molar-refractivity contribution is 7.85. The van der Waals surface area contributed by atoms with E-state index in [-0.39, 0.29) is 0 Å². The maximum absolute atomic E-state index is 12.1. The van der Waals surface area contributed by atoms with Crippen LogP contribution in [-0.2, 0) is 10.8 Å². The van der Waals surface area contributed by atoms with Crippen molar-refractivity contribution in [3.8, 4) is 0 Å². The highest BCUT2D eigenvalue weighted by Gasteiger charge is 2.11. The highest BCUT2D eigenvalue weighted by Crippen LogP contribution is 2.11. The molecule has 16 heavy (non-hydrogen) atoms. The lowest BCUT2D eigenvalue weighted by molar-refractivity contribution is 0.557. The number of aryl methyl sites for hydroxylation is 1. The first-order chi connectivity index (χ1) is 7.67. The fourth-order valence-corrected chi connectivity index (χ4v) is 3.13. The second-order valence-corrected chi connectivity index (χ2v) is 5.60. The second kappa shape index (κ2) is 6.81. The molecule has 0 saturated carbocycles. The van der Waals surface area contributed by atoms with Crippen LogP contribution in [0.4, 0.5) is 0 Å². The minimum Gasteiger partial charge on any atom is -0.316 e. The van der Waals surface area contributed by atoms with E-state index < -0.39 is 10.8 Å². The third-order valence-electron chi connectivity index (χ3n) is 2.65. The molecule has 0 heterocycles. The van der Waals surface area contributed by atoms with Crippen molar-refractivity contribution in [1.29, 1.82) is 0 Å². The average molecular weight is 239 g/mol. The van der Waals surface area contributed by atoms with Gasteiger partial charge in [-0.3, -0.25) is 4.21 Å². The molecule has 0 aliphatic heterocycles. The maximum Gasteiger partial charge on any atom is 0.0545 e. The van der Waals surface area contributed by atoms with Crippen LogP contribution in [0.15, 0.2) is 29.2 Å². The fourth-order valence-electron chi connectivity index (χ4n) is 1.70. The van der Waals surface area contributed by atoms with Crippen molar-refractivity contribution in [1.82, 2.24) is 5.32 Å². The summed E-state index contributed by atoms with van der Waals surface area (Å²) < 4.78 is 12.1. The summed E-state index contributed by atoms with van der Waals surface area (Å²) in [5.41, 5.74) is 1.17. The third-order valence-corrected chi connectivity index (χ3v) is 4.14. The van der Waals surface area contributed by atoms with Crippen LogP contribution >= 0.6 is 0 Å². The van der Waals surface area contributed by atoms with Gasteiger partial charge in [-0.05, 0) is 38.1 Å². The summed E-state index contributed by atoms with van der Waals surface area (Å²) in [6, 6.07) is 8.31. The van der Waals surface area contributed by atoms with Crippen LogP contribution < -0.4 is 5.32 Å². The number of rotatable bonds is 6. The monoisotopic (exact) mass is 239 g/mol. The van der Waals surface area contributed by atoms with Crippen LogP contribution in [-0.4, -0.2) is 23.1 Å². The Labute approximate surface area is 101 Å². The van der Waals surface area contributed by atoms with Gasteiger partial charge < -0.3 is 5.32 Å². The van der Waals surface area contributed by atoms with Crippen molar-refractivity contribution in [3.63, 3.8) is 0 Å². The zero-order valence-electron chi connectivity index (χ0n) is 10.3. The van der Waals surface area contributed by atoms with Gasteiger partial charge in [-0.1, -0.05) is 25.5 Å². The molecule has 0 amide bonds. The van der Waals surface area contributed by atoms with Gasteiger partial charge in [0.25, 0.3) is 0 Å². The zero-order valence-corrected chi connectivity index (χ0v) is 11.1. The van der Waals surface area contributed by atoms with Crippen LogP contribution in [0.2, 0.25) is 0 Å². The molecule has 90 valence electrons.